The fourth-order valence-corrected chi connectivity index (χ4v) is 4.82. The monoisotopic (exact) mass is 431 g/mol. The molecule has 1 aliphatic carbocycles. The Labute approximate surface area is 181 Å². The van der Waals surface area contributed by atoms with Crippen LogP contribution in [0.15, 0.2) is 42.7 Å². The van der Waals surface area contributed by atoms with Gasteiger partial charge in [-0.15, -0.1) is 0 Å². The van der Waals surface area contributed by atoms with Crippen molar-refractivity contribution in [1.82, 2.24) is 24.9 Å². The molecule has 1 fully saturated rings. The molecule has 1 saturated carbocycles. The van der Waals surface area contributed by atoms with Crippen LogP contribution < -0.4 is 0 Å². The summed E-state index contributed by atoms with van der Waals surface area (Å²) in [5.41, 5.74) is 2.06. The van der Waals surface area contributed by atoms with Crippen LogP contribution >= 0.6 is 0 Å². The zero-order valence-corrected chi connectivity index (χ0v) is 16.9. The molecule has 2 N–H and O–H groups in total. The minimum atomic E-state index is -0.831. The maximum Gasteiger partial charge on any atom is 0.339 e. The molecule has 0 amide bonds. The molecule has 32 heavy (non-hydrogen) atoms. The second-order valence-corrected chi connectivity index (χ2v) is 8.28. The van der Waals surface area contributed by atoms with E-state index in [1.165, 1.54) is 18.3 Å². The number of aromatic amines is 1. The number of rotatable bonds is 2. The molecule has 1 aromatic carbocycles. The highest BCUT2D eigenvalue weighted by Gasteiger charge is 2.50. The van der Waals surface area contributed by atoms with Crippen LogP contribution in [0.5, 0.6) is 5.88 Å². The molecule has 0 radical (unpaired) electrons. The van der Waals surface area contributed by atoms with E-state index >= 15 is 0 Å². The predicted octanol–water partition coefficient (Wildman–Crippen LogP) is 3.98. The van der Waals surface area contributed by atoms with Crippen molar-refractivity contribution < 1.29 is 19.0 Å². The Bertz CT molecular complexity index is 1360. The van der Waals surface area contributed by atoms with Crippen LogP contribution in [0.4, 0.5) is 4.39 Å². The third kappa shape index (κ3) is 2.84. The number of nitrogens with one attached hydrogen (secondary N) is 1. The van der Waals surface area contributed by atoms with Crippen LogP contribution in [0.3, 0.4) is 0 Å². The molecule has 2 aliphatic rings. The van der Waals surface area contributed by atoms with Gasteiger partial charge in [0.2, 0.25) is 5.88 Å². The van der Waals surface area contributed by atoms with Gasteiger partial charge in [-0.2, -0.15) is 0 Å². The Kier molecular flexibility index (Phi) is 4.01. The number of aromatic hydroxyl groups is 1. The standard InChI is InChI=1S/C23H18FN5O3/c24-14-3-1-12(2-4-14)18-26-11-16-20(28-18)29-19(27-16)13-5-8-23(9-6-13)17-15(22(31)32-23)7-10-25-21(17)30/h1-4,7,10-11,13H,5-6,8-9H2,(H,25,30)(H,26,27,28,29)/t13-,23-. The number of hydrogen-bond donors (Lipinski definition) is 2. The topological polar surface area (TPSA) is 114 Å². The van der Waals surface area contributed by atoms with E-state index in [9.17, 15) is 14.3 Å². The number of nitrogens with zero attached hydrogens (tertiary/aromatic N) is 4. The van der Waals surface area contributed by atoms with E-state index in [-0.39, 0.29) is 17.6 Å². The zero-order chi connectivity index (χ0) is 21.9. The molecule has 4 heterocycles. The summed E-state index contributed by atoms with van der Waals surface area (Å²) in [4.78, 5) is 33.1. The number of imidazole rings is 1. The highest BCUT2D eigenvalue weighted by atomic mass is 19.1. The number of carbonyl (C=O) groups excluding carboxylic acids is 1. The maximum atomic E-state index is 13.2. The molecule has 4 aromatic rings. The fraction of sp³-hybridized carbons (Fsp3) is 0.261. The van der Waals surface area contributed by atoms with E-state index in [2.05, 4.69) is 24.9 Å². The third-order valence-corrected chi connectivity index (χ3v) is 6.43. The summed E-state index contributed by atoms with van der Waals surface area (Å²) in [6.07, 6.45) is 5.67. The van der Waals surface area contributed by atoms with Gasteiger partial charge in [0.05, 0.1) is 17.3 Å². The first-order valence-electron chi connectivity index (χ1n) is 10.4. The smallest absolute Gasteiger partial charge is 0.339 e. The van der Waals surface area contributed by atoms with Crippen LogP contribution in [0.25, 0.3) is 22.6 Å². The summed E-state index contributed by atoms with van der Waals surface area (Å²) in [5, 5.41) is 10.3. The van der Waals surface area contributed by atoms with Crippen molar-refractivity contribution in [2.75, 3.05) is 0 Å². The first-order chi connectivity index (χ1) is 15.5. The Morgan fingerprint density at radius 3 is 2.66 bits per heavy atom. The minimum Gasteiger partial charge on any atom is -0.493 e. The van der Waals surface area contributed by atoms with E-state index in [0.717, 1.165) is 24.2 Å². The second kappa shape index (κ2) is 6.81. The quantitative estimate of drug-likeness (QED) is 0.461. The molecule has 0 atom stereocenters. The van der Waals surface area contributed by atoms with Gasteiger partial charge in [0, 0.05) is 17.7 Å². The molecule has 8 nitrogen and oxygen atoms in total. The minimum absolute atomic E-state index is 0.130. The maximum absolute atomic E-state index is 13.2. The average molecular weight is 431 g/mol. The molecule has 0 bridgehead atoms. The Hall–Kier alpha value is -3.88. The summed E-state index contributed by atoms with van der Waals surface area (Å²) >= 11 is 0. The van der Waals surface area contributed by atoms with Crippen molar-refractivity contribution in [3.63, 3.8) is 0 Å². The van der Waals surface area contributed by atoms with E-state index < -0.39 is 11.6 Å². The third-order valence-electron chi connectivity index (χ3n) is 6.43. The van der Waals surface area contributed by atoms with Crippen LogP contribution in [0.2, 0.25) is 0 Å². The van der Waals surface area contributed by atoms with E-state index in [4.69, 9.17) is 4.74 Å². The number of ether oxygens (including phenoxy) is 1. The first kappa shape index (κ1) is 18.9. The lowest BCUT2D eigenvalue weighted by Gasteiger charge is -2.35. The van der Waals surface area contributed by atoms with Crippen LogP contribution in [0, 0.1) is 5.82 Å². The molecule has 160 valence electrons. The summed E-state index contributed by atoms with van der Waals surface area (Å²) in [6, 6.07) is 7.61. The van der Waals surface area contributed by atoms with Crippen molar-refractivity contribution in [1.29, 1.82) is 0 Å². The molecule has 0 unspecified atom stereocenters. The molecule has 9 heteroatoms. The van der Waals surface area contributed by atoms with Crippen molar-refractivity contribution in [3.05, 3.63) is 65.5 Å². The largest absolute Gasteiger partial charge is 0.493 e. The number of carbonyl (C=O) groups is 1. The predicted molar refractivity (Wildman–Crippen MR) is 111 cm³/mol. The number of H-pyrrole nitrogens is 1. The first-order valence-corrected chi connectivity index (χ1v) is 10.4. The molecule has 1 spiro atoms. The SMILES string of the molecule is O=C1O[C@]2(CC[C@H](c3nc4nc(-c5ccc(F)cc5)ncc4[nH]3)CC2)c2c1ccnc2O. The van der Waals surface area contributed by atoms with E-state index in [1.807, 2.05) is 0 Å². The number of halogens is 1. The Morgan fingerprint density at radius 2 is 1.88 bits per heavy atom. The highest BCUT2D eigenvalue weighted by Crippen LogP contribution is 2.52. The lowest BCUT2D eigenvalue weighted by Crippen LogP contribution is -2.31. The van der Waals surface area contributed by atoms with E-state index in [0.29, 0.717) is 41.0 Å². The number of aromatic nitrogens is 5. The van der Waals surface area contributed by atoms with Crippen molar-refractivity contribution >= 4 is 17.1 Å². The Balaban J connectivity index is 1.26. The van der Waals surface area contributed by atoms with Gasteiger partial charge in [-0.05, 0) is 56.0 Å². The van der Waals surface area contributed by atoms with Gasteiger partial charge >= 0.3 is 5.97 Å². The second-order valence-electron chi connectivity index (χ2n) is 8.28. The molecule has 1 aliphatic heterocycles. The van der Waals surface area contributed by atoms with Gasteiger partial charge in [0.15, 0.2) is 11.5 Å². The lowest BCUT2D eigenvalue weighted by molar-refractivity contribution is -0.0322. The van der Waals surface area contributed by atoms with Crippen LogP contribution in [-0.2, 0) is 10.3 Å². The number of hydrogen-bond acceptors (Lipinski definition) is 7. The van der Waals surface area contributed by atoms with Gasteiger partial charge in [-0.3, -0.25) is 0 Å². The van der Waals surface area contributed by atoms with Gasteiger partial charge in [-0.25, -0.2) is 29.1 Å². The molecular weight excluding hydrogens is 413 g/mol. The van der Waals surface area contributed by atoms with Gasteiger partial charge in [0.1, 0.15) is 22.8 Å². The highest BCUT2D eigenvalue weighted by molar-refractivity contribution is 5.95. The van der Waals surface area contributed by atoms with Gasteiger partial charge < -0.3 is 14.8 Å². The van der Waals surface area contributed by atoms with Gasteiger partial charge in [-0.1, -0.05) is 0 Å². The average Bonchev–Trinajstić information content (AvgIpc) is 3.34. The van der Waals surface area contributed by atoms with Crippen LogP contribution in [0.1, 0.15) is 53.3 Å². The molecule has 0 saturated heterocycles. The van der Waals surface area contributed by atoms with Crippen molar-refractivity contribution in [2.45, 2.75) is 37.2 Å². The summed E-state index contributed by atoms with van der Waals surface area (Å²) in [7, 11) is 0. The summed E-state index contributed by atoms with van der Waals surface area (Å²) < 4.78 is 18.9. The lowest BCUT2D eigenvalue weighted by atomic mass is 9.75. The molecular formula is C23H18FN5O3. The number of pyridine rings is 1. The molecule has 3 aromatic heterocycles. The summed E-state index contributed by atoms with van der Waals surface area (Å²) in [6.45, 7) is 0. The fourth-order valence-electron chi connectivity index (χ4n) is 4.82. The van der Waals surface area contributed by atoms with E-state index in [1.54, 1.807) is 24.4 Å². The number of esters is 1. The summed E-state index contributed by atoms with van der Waals surface area (Å²) in [5.74, 6) is 0.552. The van der Waals surface area contributed by atoms with Crippen molar-refractivity contribution in [2.24, 2.45) is 0 Å². The van der Waals surface area contributed by atoms with Crippen molar-refractivity contribution in [3.8, 4) is 17.3 Å². The molecule has 6 rings (SSSR count). The normalized spacial score (nSPS) is 22.3. The number of fused-ring (bicyclic) bond motifs is 3. The van der Waals surface area contributed by atoms with Gasteiger partial charge in [0.25, 0.3) is 0 Å². The van der Waals surface area contributed by atoms with Crippen LogP contribution in [-0.4, -0.2) is 36.0 Å². The number of benzene rings is 1. The zero-order valence-electron chi connectivity index (χ0n) is 16.9. The Morgan fingerprint density at radius 1 is 1.09 bits per heavy atom.